The van der Waals surface area contributed by atoms with Crippen molar-refractivity contribution in [2.45, 2.75) is 24.9 Å². The molecule has 1 saturated carbocycles. The molecule has 0 spiro atoms. The van der Waals surface area contributed by atoms with Crippen molar-refractivity contribution in [3.8, 4) is 5.75 Å². The number of aliphatic hydroxyl groups is 1. The quantitative estimate of drug-likeness (QED) is 0.879. The number of halogens is 1. The van der Waals surface area contributed by atoms with Crippen LogP contribution in [0.25, 0.3) is 0 Å². The Morgan fingerprint density at radius 2 is 2.28 bits per heavy atom. The largest absolute Gasteiger partial charge is 0.496 e. The number of hydrogen-bond acceptors (Lipinski definition) is 3. The second-order valence-corrected chi connectivity index (χ2v) is 5.04. The molecule has 4 nitrogen and oxygen atoms in total. The van der Waals surface area contributed by atoms with Crippen LogP contribution in [0, 0.1) is 0 Å². The minimum Gasteiger partial charge on any atom is -0.496 e. The topological polar surface area (TPSA) is 58.6 Å². The van der Waals surface area contributed by atoms with Crippen LogP contribution in [-0.4, -0.2) is 30.3 Å². The Bertz CT molecular complexity index is 458. The van der Waals surface area contributed by atoms with Crippen molar-refractivity contribution in [1.29, 1.82) is 0 Å². The lowest BCUT2D eigenvalue weighted by Crippen LogP contribution is -2.47. The molecule has 0 aliphatic heterocycles. The van der Waals surface area contributed by atoms with Crippen molar-refractivity contribution in [2.75, 3.05) is 13.7 Å². The molecular formula is C13H16ClNO3. The van der Waals surface area contributed by atoms with Crippen LogP contribution < -0.4 is 10.1 Å². The zero-order chi connectivity index (χ0) is 13.2. The molecule has 0 aromatic heterocycles. The molecule has 0 atom stereocenters. The molecule has 1 aromatic carbocycles. The van der Waals surface area contributed by atoms with Crippen LogP contribution in [-0.2, 0) is 0 Å². The van der Waals surface area contributed by atoms with E-state index in [0.717, 1.165) is 19.3 Å². The van der Waals surface area contributed by atoms with E-state index in [0.29, 0.717) is 16.3 Å². The molecule has 0 bridgehead atoms. The number of carbonyl (C=O) groups is 1. The van der Waals surface area contributed by atoms with Crippen LogP contribution in [0.15, 0.2) is 18.2 Å². The van der Waals surface area contributed by atoms with Gasteiger partial charge in [0.2, 0.25) is 0 Å². The summed E-state index contributed by atoms with van der Waals surface area (Å²) >= 11 is 5.83. The predicted octanol–water partition coefficient (Wildman–Crippen LogP) is 1.99. The molecule has 0 radical (unpaired) electrons. The van der Waals surface area contributed by atoms with Gasteiger partial charge in [-0.25, -0.2) is 0 Å². The summed E-state index contributed by atoms with van der Waals surface area (Å²) in [4.78, 5) is 12.0. The van der Waals surface area contributed by atoms with Crippen molar-refractivity contribution >= 4 is 17.5 Å². The maximum Gasteiger partial charge on any atom is 0.255 e. The molecular weight excluding hydrogens is 254 g/mol. The Hall–Kier alpha value is -1.26. The second kappa shape index (κ2) is 5.16. The van der Waals surface area contributed by atoms with Gasteiger partial charge in [-0.3, -0.25) is 4.79 Å². The fourth-order valence-corrected chi connectivity index (χ4v) is 2.12. The van der Waals surface area contributed by atoms with Gasteiger partial charge in [0.1, 0.15) is 5.75 Å². The highest BCUT2D eigenvalue weighted by molar-refractivity contribution is 6.30. The first-order valence-electron chi connectivity index (χ1n) is 5.88. The van der Waals surface area contributed by atoms with Crippen molar-refractivity contribution in [3.63, 3.8) is 0 Å². The number of ether oxygens (including phenoxy) is 1. The molecule has 1 aliphatic rings. The molecule has 1 aliphatic carbocycles. The van der Waals surface area contributed by atoms with E-state index in [1.165, 1.54) is 7.11 Å². The molecule has 2 N–H and O–H groups in total. The van der Waals surface area contributed by atoms with Crippen LogP contribution in [0.1, 0.15) is 29.6 Å². The summed E-state index contributed by atoms with van der Waals surface area (Å²) in [6, 6.07) is 4.84. The van der Waals surface area contributed by atoms with Gasteiger partial charge in [0, 0.05) is 11.6 Å². The fraction of sp³-hybridized carbons (Fsp3) is 0.462. The van der Waals surface area contributed by atoms with E-state index in [4.69, 9.17) is 16.3 Å². The van der Waals surface area contributed by atoms with Gasteiger partial charge in [-0.15, -0.1) is 0 Å². The molecule has 1 aromatic rings. The highest BCUT2D eigenvalue weighted by atomic mass is 35.5. The van der Waals surface area contributed by atoms with E-state index in [1.807, 2.05) is 0 Å². The average molecular weight is 270 g/mol. The summed E-state index contributed by atoms with van der Waals surface area (Å²) in [5.41, 5.74) is -0.306. The second-order valence-electron chi connectivity index (χ2n) is 4.61. The van der Waals surface area contributed by atoms with Gasteiger partial charge in [0.15, 0.2) is 0 Å². The number of rotatable bonds is 4. The van der Waals surface area contributed by atoms with Crippen molar-refractivity contribution < 1.29 is 14.6 Å². The van der Waals surface area contributed by atoms with Gasteiger partial charge in [-0.1, -0.05) is 11.6 Å². The Balaban J connectivity index is 2.04. The number of carbonyl (C=O) groups excluding carboxylic acids is 1. The SMILES string of the molecule is COc1cc(Cl)ccc1C(=O)NCC1(O)CCC1. The summed E-state index contributed by atoms with van der Waals surface area (Å²) < 4.78 is 5.11. The Morgan fingerprint density at radius 1 is 1.56 bits per heavy atom. The first-order chi connectivity index (χ1) is 8.54. The zero-order valence-corrected chi connectivity index (χ0v) is 11.0. The molecule has 0 unspecified atom stereocenters. The molecule has 98 valence electrons. The number of hydrogen-bond donors (Lipinski definition) is 2. The molecule has 2 rings (SSSR count). The molecule has 5 heteroatoms. The zero-order valence-electron chi connectivity index (χ0n) is 10.2. The molecule has 18 heavy (non-hydrogen) atoms. The van der Waals surface area contributed by atoms with E-state index in [9.17, 15) is 9.90 Å². The van der Waals surface area contributed by atoms with E-state index < -0.39 is 5.60 Å². The number of methoxy groups -OCH3 is 1. The highest BCUT2D eigenvalue weighted by Gasteiger charge is 2.34. The third-order valence-electron chi connectivity index (χ3n) is 3.27. The average Bonchev–Trinajstić information content (AvgIpc) is 2.33. The van der Waals surface area contributed by atoms with E-state index in [1.54, 1.807) is 18.2 Å². The molecule has 0 saturated heterocycles. The molecule has 1 amide bonds. The number of amides is 1. The van der Waals surface area contributed by atoms with Crippen LogP contribution in [0.2, 0.25) is 5.02 Å². The lowest BCUT2D eigenvalue weighted by Gasteiger charge is -2.36. The monoisotopic (exact) mass is 269 g/mol. The van der Waals surface area contributed by atoms with E-state index >= 15 is 0 Å². The summed E-state index contributed by atoms with van der Waals surface area (Å²) in [6.45, 7) is 0.275. The summed E-state index contributed by atoms with van der Waals surface area (Å²) in [5.74, 6) is 0.171. The van der Waals surface area contributed by atoms with Gasteiger partial charge >= 0.3 is 0 Å². The predicted molar refractivity (Wildman–Crippen MR) is 69.1 cm³/mol. The van der Waals surface area contributed by atoms with Gasteiger partial charge in [-0.05, 0) is 37.5 Å². The lowest BCUT2D eigenvalue weighted by atomic mass is 9.80. The third-order valence-corrected chi connectivity index (χ3v) is 3.51. The number of nitrogens with one attached hydrogen (secondary N) is 1. The van der Waals surface area contributed by atoms with E-state index in [-0.39, 0.29) is 12.5 Å². The first-order valence-corrected chi connectivity index (χ1v) is 6.26. The fourth-order valence-electron chi connectivity index (χ4n) is 1.95. The highest BCUT2D eigenvalue weighted by Crippen LogP contribution is 2.31. The summed E-state index contributed by atoms with van der Waals surface area (Å²) in [7, 11) is 1.49. The lowest BCUT2D eigenvalue weighted by molar-refractivity contribution is -0.0300. The van der Waals surface area contributed by atoms with Crippen molar-refractivity contribution in [1.82, 2.24) is 5.32 Å². The van der Waals surface area contributed by atoms with Crippen LogP contribution in [0.5, 0.6) is 5.75 Å². The van der Waals surface area contributed by atoms with Crippen molar-refractivity contribution in [3.05, 3.63) is 28.8 Å². The van der Waals surface area contributed by atoms with Crippen LogP contribution in [0.3, 0.4) is 0 Å². The minimum absolute atomic E-state index is 0.260. The van der Waals surface area contributed by atoms with Gasteiger partial charge in [-0.2, -0.15) is 0 Å². The first kappa shape index (κ1) is 13.2. The van der Waals surface area contributed by atoms with Crippen LogP contribution >= 0.6 is 11.6 Å². The maximum absolute atomic E-state index is 12.0. The van der Waals surface area contributed by atoms with Crippen molar-refractivity contribution in [2.24, 2.45) is 0 Å². The summed E-state index contributed by atoms with van der Waals surface area (Å²) in [5, 5.41) is 13.1. The Kier molecular flexibility index (Phi) is 3.78. The molecule has 1 fully saturated rings. The minimum atomic E-state index is -0.727. The third kappa shape index (κ3) is 2.76. The van der Waals surface area contributed by atoms with Gasteiger partial charge in [0.05, 0.1) is 18.3 Å². The Labute approximate surface area is 111 Å². The number of benzene rings is 1. The Morgan fingerprint density at radius 3 is 2.83 bits per heavy atom. The maximum atomic E-state index is 12.0. The van der Waals surface area contributed by atoms with Crippen LogP contribution in [0.4, 0.5) is 0 Å². The smallest absolute Gasteiger partial charge is 0.255 e. The molecule has 0 heterocycles. The normalized spacial score (nSPS) is 16.8. The van der Waals surface area contributed by atoms with E-state index in [2.05, 4.69) is 5.32 Å². The van der Waals surface area contributed by atoms with Gasteiger partial charge in [0.25, 0.3) is 5.91 Å². The summed E-state index contributed by atoms with van der Waals surface area (Å²) in [6.07, 6.45) is 2.49. The van der Waals surface area contributed by atoms with Gasteiger partial charge < -0.3 is 15.2 Å². The standard InChI is InChI=1S/C13H16ClNO3/c1-18-11-7-9(14)3-4-10(11)12(16)15-8-13(17)5-2-6-13/h3-4,7,17H,2,5-6,8H2,1H3,(H,15,16).